The van der Waals surface area contributed by atoms with Gasteiger partial charge in [0.25, 0.3) is 0 Å². The lowest BCUT2D eigenvalue weighted by atomic mass is 9.71. The Hall–Kier alpha value is -11.6. The Bertz CT molecular complexity index is 6010. The minimum Gasteiger partial charge on any atom is -0.497 e. The van der Waals surface area contributed by atoms with Crippen LogP contribution in [0.4, 0.5) is 52.7 Å². The van der Waals surface area contributed by atoms with Crippen LogP contribution in [-0.4, -0.2) is 71.3 Å². The van der Waals surface area contributed by atoms with E-state index in [-0.39, 0.29) is 83.8 Å². The molecule has 0 aliphatic carbocycles. The predicted molar refractivity (Wildman–Crippen MR) is 457 cm³/mol. The molecular weight excluding hydrogens is 1680 g/mol. The fraction of sp³-hybridized carbons (Fsp3) is 0.258. The Morgan fingerprint density at radius 2 is 0.419 bits per heavy atom. The second kappa shape index (κ2) is 37.5. The normalized spacial score (nSPS) is 12.3. The molecule has 0 aliphatic rings. The summed E-state index contributed by atoms with van der Waals surface area (Å²) >= 11 is 0. The van der Waals surface area contributed by atoms with Crippen LogP contribution in [0.15, 0.2) is 272 Å². The molecular formula is C97H96F12O12S3. The molecule has 0 bridgehead atoms. The van der Waals surface area contributed by atoms with E-state index in [1.54, 1.807) is 69.5 Å². The lowest BCUT2D eigenvalue weighted by molar-refractivity contribution is -0.290. The molecule has 12 aromatic rings. The Balaban J connectivity index is 0.000000229. The molecule has 27 heteroatoms. The summed E-state index contributed by atoms with van der Waals surface area (Å²) in [6, 6.07) is 55.0. The highest BCUT2D eigenvalue weighted by Gasteiger charge is 2.74. The summed E-state index contributed by atoms with van der Waals surface area (Å²) in [5, 5.41) is 0. The first-order valence-electron chi connectivity index (χ1n) is 37.7. The lowest BCUT2D eigenvalue weighted by Crippen LogP contribution is -2.55. The second-order valence-corrected chi connectivity index (χ2v) is 36.0. The van der Waals surface area contributed by atoms with Gasteiger partial charge in [-0.1, -0.05) is 119 Å². The van der Waals surface area contributed by atoms with Crippen LogP contribution in [-0.2, 0) is 45.8 Å². The van der Waals surface area contributed by atoms with E-state index in [0.29, 0.717) is 45.3 Å². The molecule has 0 unspecified atom stereocenters. The van der Waals surface area contributed by atoms with Crippen molar-refractivity contribution in [1.82, 2.24) is 0 Å². The third-order valence-electron chi connectivity index (χ3n) is 21.7. The van der Waals surface area contributed by atoms with Crippen LogP contribution in [0, 0.1) is 76.2 Å². The van der Waals surface area contributed by atoms with Crippen LogP contribution < -0.4 is 28.4 Å². The van der Waals surface area contributed by atoms with E-state index in [4.69, 9.17) is 28.4 Å². The summed E-state index contributed by atoms with van der Waals surface area (Å²) in [5.41, 5.74) is -2.29. The predicted octanol–water partition coefficient (Wildman–Crippen LogP) is 26.8. The number of methoxy groups -OCH3 is 3. The molecule has 124 heavy (non-hydrogen) atoms. The fourth-order valence-electron chi connectivity index (χ4n) is 14.3. The molecule has 0 atom stereocenters. The SMILES string of the molecule is C.C.COc1ccc(S(=O)(=O)c2ccc(Oc3c(C)cc(C(C)(C)c4cc(C)c(C)c(C)c4)cc3C)cc2)cc1.COc1ccc(S(=O)(=O)c2ccc(Oc3c(C)cc(C(c4cc(C)c(C)c(C)c4)(C(F)(F)F)C(F)(F)F)cc3C)cc2)cc1.COc1ccc(S(=O)(=O)c2ccc(Oc3ccc(C(c4ccc(C)cc4)(C(F)(F)F)C(F)(F)F)cc3)cc2)cc1. The first-order valence-corrected chi connectivity index (χ1v) is 42.2. The Kier molecular flexibility index (Phi) is 29.6. The van der Waals surface area contributed by atoms with Gasteiger partial charge in [-0.3, -0.25) is 0 Å². The van der Waals surface area contributed by atoms with Crippen molar-refractivity contribution in [3.05, 3.63) is 337 Å². The minimum atomic E-state index is -5.73. The third-order valence-corrected chi connectivity index (χ3v) is 27.1. The maximum atomic E-state index is 14.8. The molecule has 0 fully saturated rings. The van der Waals surface area contributed by atoms with Crippen LogP contribution in [0.1, 0.15) is 123 Å². The van der Waals surface area contributed by atoms with Gasteiger partial charge in [-0.05, 0) is 323 Å². The maximum Gasteiger partial charge on any atom is 0.411 e. The van der Waals surface area contributed by atoms with Crippen molar-refractivity contribution < 1.29 is 106 Å². The van der Waals surface area contributed by atoms with Crippen molar-refractivity contribution in [2.24, 2.45) is 0 Å². The first-order chi connectivity index (χ1) is 56.9. The van der Waals surface area contributed by atoms with Crippen molar-refractivity contribution in [3.63, 3.8) is 0 Å². The molecule has 0 spiro atoms. The van der Waals surface area contributed by atoms with Crippen LogP contribution in [0.2, 0.25) is 0 Å². The van der Waals surface area contributed by atoms with E-state index < -0.39 is 87.3 Å². The van der Waals surface area contributed by atoms with Crippen LogP contribution in [0.25, 0.3) is 0 Å². The van der Waals surface area contributed by atoms with Crippen molar-refractivity contribution in [3.8, 4) is 51.7 Å². The van der Waals surface area contributed by atoms with E-state index in [0.717, 1.165) is 77.5 Å². The number of rotatable bonds is 21. The van der Waals surface area contributed by atoms with Gasteiger partial charge < -0.3 is 28.4 Å². The number of sulfone groups is 3. The van der Waals surface area contributed by atoms with Crippen LogP contribution in [0.5, 0.6) is 51.7 Å². The maximum absolute atomic E-state index is 14.8. The molecule has 0 aromatic heterocycles. The summed E-state index contributed by atoms with van der Waals surface area (Å²) in [6.07, 6.45) is -22.9. The van der Waals surface area contributed by atoms with Gasteiger partial charge in [0.05, 0.1) is 50.7 Å². The average Bonchev–Trinajstić information content (AvgIpc) is 0.711. The highest BCUT2D eigenvalue weighted by molar-refractivity contribution is 7.92. The second-order valence-electron chi connectivity index (χ2n) is 30.1. The monoisotopic (exact) mass is 1780 g/mol. The smallest absolute Gasteiger partial charge is 0.411 e. The van der Waals surface area contributed by atoms with Crippen LogP contribution >= 0.6 is 0 Å². The van der Waals surface area contributed by atoms with Gasteiger partial charge in [-0.25, -0.2) is 25.3 Å². The first kappa shape index (κ1) is 97.9. The zero-order valence-electron chi connectivity index (χ0n) is 69.3. The standard InChI is InChI=1S/C33H30F6O4S.C33H36O4S.C29H22F6O4S.2CH4/c1-19-15-24(16-20(2)23(19)5)31(32(34,35)36,33(37,38)39)25-17-21(3)30(22(4)18-25)43-27-9-13-29(14-10-27)44(40,41)28-11-7-26(42-6)8-12-28;1-21-17-26(18-22(2)25(21)5)33(6,7)27-19-23(3)32(24(4)20-27)37-29-11-15-31(16-12-29)38(34,35)30-13-9-28(36-8)10-14-30;1-19-3-5-20(6-4-19)27(28(30,31)32,29(33,34)35)21-7-9-23(10-8-21)39-24-13-17-26(18-14-24)40(36,37)25-15-11-22(38-2)12-16-25;;/h7-18H,1-6H3;9-20H,1-8H3;3-18H,1-2H3;2*1H4. The molecule has 0 aliphatic heterocycles. The molecule has 0 saturated carbocycles. The number of alkyl halides is 12. The third kappa shape index (κ3) is 19.8. The van der Waals surface area contributed by atoms with Crippen molar-refractivity contribution in [2.75, 3.05) is 21.3 Å². The van der Waals surface area contributed by atoms with Gasteiger partial charge in [0.1, 0.15) is 51.7 Å². The average molecular weight is 1780 g/mol. The van der Waals surface area contributed by atoms with Gasteiger partial charge >= 0.3 is 24.7 Å². The number of ether oxygens (including phenoxy) is 6. The molecule has 658 valence electrons. The van der Waals surface area contributed by atoms with E-state index in [1.165, 1.54) is 179 Å². The Labute approximate surface area is 717 Å². The molecule has 0 radical (unpaired) electrons. The Morgan fingerprint density at radius 1 is 0.234 bits per heavy atom. The van der Waals surface area contributed by atoms with Gasteiger partial charge in [-0.15, -0.1) is 0 Å². The van der Waals surface area contributed by atoms with E-state index in [9.17, 15) is 77.9 Å². The number of hydrogen-bond donors (Lipinski definition) is 0. The summed E-state index contributed by atoms with van der Waals surface area (Å²) in [4.78, 5) is 0.413. The zero-order chi connectivity index (χ0) is 90.0. The summed E-state index contributed by atoms with van der Waals surface area (Å²) < 4.78 is 285. The van der Waals surface area contributed by atoms with Gasteiger partial charge in [0.2, 0.25) is 40.3 Å². The lowest BCUT2D eigenvalue weighted by Gasteiger charge is -2.39. The van der Waals surface area contributed by atoms with Gasteiger partial charge in [-0.2, -0.15) is 52.7 Å². The number of hydrogen-bond acceptors (Lipinski definition) is 12. The summed E-state index contributed by atoms with van der Waals surface area (Å²) in [5.74, 6) is 3.21. The highest BCUT2D eigenvalue weighted by Crippen LogP contribution is 2.59. The topological polar surface area (TPSA) is 158 Å². The van der Waals surface area contributed by atoms with E-state index in [1.807, 2.05) is 0 Å². The number of aryl methyl sites for hydroxylation is 9. The molecule has 0 N–H and O–H groups in total. The summed E-state index contributed by atoms with van der Waals surface area (Å²) in [6.45, 7) is 24.0. The van der Waals surface area contributed by atoms with Crippen LogP contribution in [0.3, 0.4) is 0 Å². The molecule has 12 nitrogen and oxygen atoms in total. The molecule has 0 amide bonds. The highest BCUT2D eigenvalue weighted by atomic mass is 32.2. The van der Waals surface area contributed by atoms with Gasteiger partial charge in [0.15, 0.2) is 0 Å². The molecule has 12 aromatic carbocycles. The number of benzene rings is 12. The largest absolute Gasteiger partial charge is 0.497 e. The van der Waals surface area contributed by atoms with Crippen molar-refractivity contribution in [2.45, 2.75) is 175 Å². The number of halogens is 12. The van der Waals surface area contributed by atoms with Gasteiger partial charge in [0, 0.05) is 5.41 Å². The molecule has 12 rings (SSSR count). The molecule has 0 saturated heterocycles. The van der Waals surface area contributed by atoms with E-state index >= 15 is 0 Å². The summed E-state index contributed by atoms with van der Waals surface area (Å²) in [7, 11) is -6.93. The van der Waals surface area contributed by atoms with Crippen molar-refractivity contribution in [1.29, 1.82) is 0 Å². The Morgan fingerprint density at radius 3 is 0.653 bits per heavy atom. The fourth-order valence-corrected chi connectivity index (χ4v) is 18.0. The zero-order valence-corrected chi connectivity index (χ0v) is 71.7. The van der Waals surface area contributed by atoms with Crippen molar-refractivity contribution >= 4 is 29.5 Å². The minimum absolute atomic E-state index is 0. The van der Waals surface area contributed by atoms with E-state index in [2.05, 4.69) is 72.7 Å². The molecule has 0 heterocycles. The quantitative estimate of drug-likeness (QED) is 0.0628.